The summed E-state index contributed by atoms with van der Waals surface area (Å²) in [5.41, 5.74) is 0. The summed E-state index contributed by atoms with van der Waals surface area (Å²) in [5.74, 6) is 0.995. The van der Waals surface area contributed by atoms with Gasteiger partial charge in [0.05, 0.1) is 0 Å². The van der Waals surface area contributed by atoms with Gasteiger partial charge in [0.25, 0.3) is 0 Å². The molecule has 0 saturated heterocycles. The topological polar surface area (TPSA) is 35.5 Å². The van der Waals surface area contributed by atoms with Gasteiger partial charge in [0.15, 0.2) is 5.78 Å². The van der Waals surface area contributed by atoms with Gasteiger partial charge in [0.2, 0.25) is 0 Å². The summed E-state index contributed by atoms with van der Waals surface area (Å²) >= 11 is 0. The van der Waals surface area contributed by atoms with Crippen LogP contribution in [0.15, 0.2) is 0 Å². The molecule has 0 bridgehead atoms. The fourth-order valence-electron chi connectivity index (χ4n) is 1.30. The van der Waals surface area contributed by atoms with Crippen LogP contribution in [0.2, 0.25) is 0 Å². The Morgan fingerprint density at radius 1 is 0.941 bits per heavy atom. The molecule has 0 saturated carbocycles. The molecule has 0 radical (unpaired) electrons. The molecular formula is C14H28O3. The smallest absolute Gasteiger partial charge is 0.160 e. The molecule has 17 heavy (non-hydrogen) atoms. The van der Waals surface area contributed by atoms with Crippen molar-refractivity contribution in [3.63, 3.8) is 0 Å². The fourth-order valence-corrected chi connectivity index (χ4v) is 1.30. The highest BCUT2D eigenvalue weighted by atomic mass is 16.5. The number of carbonyl (C=O) groups is 1. The molecule has 0 aromatic heterocycles. The zero-order valence-corrected chi connectivity index (χ0v) is 11.8. The van der Waals surface area contributed by atoms with Crippen molar-refractivity contribution < 1.29 is 14.3 Å². The summed E-state index contributed by atoms with van der Waals surface area (Å²) in [7, 11) is 0. The van der Waals surface area contributed by atoms with E-state index in [2.05, 4.69) is 13.8 Å². The Morgan fingerprint density at radius 2 is 1.53 bits per heavy atom. The van der Waals surface area contributed by atoms with Crippen LogP contribution in [-0.2, 0) is 14.3 Å². The van der Waals surface area contributed by atoms with Crippen molar-refractivity contribution in [2.24, 2.45) is 11.8 Å². The Morgan fingerprint density at radius 3 is 2.12 bits per heavy atom. The number of carbonyl (C=O) groups excluding carboxylic acids is 1. The van der Waals surface area contributed by atoms with Crippen LogP contribution in [0.3, 0.4) is 0 Å². The molecule has 0 aliphatic heterocycles. The Balaban J connectivity index is 3.11. The first-order valence-corrected chi connectivity index (χ1v) is 6.72. The molecule has 0 fully saturated rings. The molecule has 102 valence electrons. The van der Waals surface area contributed by atoms with E-state index >= 15 is 0 Å². The van der Waals surface area contributed by atoms with E-state index in [1.165, 1.54) is 6.42 Å². The van der Waals surface area contributed by atoms with Crippen molar-refractivity contribution in [2.75, 3.05) is 26.4 Å². The molecule has 0 spiro atoms. The van der Waals surface area contributed by atoms with Crippen LogP contribution in [0, 0.1) is 11.8 Å². The van der Waals surface area contributed by atoms with E-state index < -0.39 is 0 Å². The van der Waals surface area contributed by atoms with Crippen LogP contribution in [0.25, 0.3) is 0 Å². The lowest BCUT2D eigenvalue weighted by atomic mass is 10.1. The van der Waals surface area contributed by atoms with Crippen molar-refractivity contribution in [1.29, 1.82) is 0 Å². The van der Waals surface area contributed by atoms with Crippen molar-refractivity contribution in [1.82, 2.24) is 0 Å². The zero-order valence-electron chi connectivity index (χ0n) is 11.8. The van der Waals surface area contributed by atoms with Gasteiger partial charge in [-0.2, -0.15) is 0 Å². The molecule has 0 aliphatic rings. The van der Waals surface area contributed by atoms with Gasteiger partial charge in [0, 0.05) is 25.7 Å². The van der Waals surface area contributed by atoms with Gasteiger partial charge >= 0.3 is 0 Å². The number of Topliss-reactive ketones (excluding diaryl/α,β-unsaturated/α-hetero) is 1. The number of hydrogen-bond acceptors (Lipinski definition) is 3. The van der Waals surface area contributed by atoms with Gasteiger partial charge in [-0.15, -0.1) is 0 Å². The van der Waals surface area contributed by atoms with Crippen molar-refractivity contribution in [2.45, 2.75) is 47.0 Å². The van der Waals surface area contributed by atoms with Crippen molar-refractivity contribution in [3.8, 4) is 0 Å². The maximum Gasteiger partial charge on any atom is 0.160 e. The summed E-state index contributed by atoms with van der Waals surface area (Å²) in [6.07, 6.45) is 3.22. The van der Waals surface area contributed by atoms with E-state index in [-0.39, 0.29) is 18.3 Å². The Labute approximate surface area is 106 Å². The minimum absolute atomic E-state index is 0.0716. The third-order valence-corrected chi connectivity index (χ3v) is 2.54. The summed E-state index contributed by atoms with van der Waals surface area (Å²) in [4.78, 5) is 11.2. The lowest BCUT2D eigenvalue weighted by Gasteiger charge is -2.07. The number of ketones is 1. The maximum atomic E-state index is 11.2. The molecule has 0 amide bonds. The molecule has 0 N–H and O–H groups in total. The van der Waals surface area contributed by atoms with Crippen molar-refractivity contribution in [3.05, 3.63) is 0 Å². The second-order valence-electron chi connectivity index (χ2n) is 5.18. The quantitative estimate of drug-likeness (QED) is 0.524. The molecule has 0 aliphatic carbocycles. The minimum Gasteiger partial charge on any atom is -0.381 e. The van der Waals surface area contributed by atoms with E-state index in [4.69, 9.17) is 9.47 Å². The molecule has 0 aromatic carbocycles. The summed E-state index contributed by atoms with van der Waals surface area (Å²) in [6, 6.07) is 0. The average Bonchev–Trinajstić information content (AvgIpc) is 2.25. The molecule has 0 unspecified atom stereocenters. The van der Waals surface area contributed by atoms with Crippen LogP contribution < -0.4 is 0 Å². The van der Waals surface area contributed by atoms with Crippen LogP contribution in [0.4, 0.5) is 0 Å². The zero-order chi connectivity index (χ0) is 13.1. The monoisotopic (exact) mass is 244 g/mol. The molecule has 0 aromatic rings. The SMILES string of the molecule is CC(C)CCCOCCCOCC(=O)C(C)C. The number of hydrogen-bond donors (Lipinski definition) is 0. The van der Waals surface area contributed by atoms with Crippen molar-refractivity contribution >= 4 is 5.78 Å². The second-order valence-corrected chi connectivity index (χ2v) is 5.18. The van der Waals surface area contributed by atoms with E-state index in [1.54, 1.807) is 0 Å². The van der Waals surface area contributed by atoms with Gasteiger partial charge in [-0.05, 0) is 25.2 Å². The third kappa shape index (κ3) is 11.8. The first-order valence-electron chi connectivity index (χ1n) is 6.72. The van der Waals surface area contributed by atoms with Gasteiger partial charge in [-0.1, -0.05) is 27.7 Å². The Kier molecular flexibility index (Phi) is 10.5. The molecule has 3 nitrogen and oxygen atoms in total. The maximum absolute atomic E-state index is 11.2. The summed E-state index contributed by atoms with van der Waals surface area (Å²) in [5, 5.41) is 0. The van der Waals surface area contributed by atoms with E-state index in [9.17, 15) is 4.79 Å². The van der Waals surface area contributed by atoms with Gasteiger partial charge in [-0.3, -0.25) is 4.79 Å². The van der Waals surface area contributed by atoms with Crippen LogP contribution in [-0.4, -0.2) is 32.2 Å². The van der Waals surface area contributed by atoms with Gasteiger partial charge in [-0.25, -0.2) is 0 Å². The first kappa shape index (κ1) is 16.6. The molecule has 0 atom stereocenters. The molecule has 0 rings (SSSR count). The average molecular weight is 244 g/mol. The first-order chi connectivity index (χ1) is 8.04. The van der Waals surface area contributed by atoms with Crippen LogP contribution in [0.1, 0.15) is 47.0 Å². The number of ether oxygens (including phenoxy) is 2. The fraction of sp³-hybridized carbons (Fsp3) is 0.929. The predicted molar refractivity (Wildman–Crippen MR) is 70.2 cm³/mol. The minimum atomic E-state index is 0.0716. The lowest BCUT2D eigenvalue weighted by molar-refractivity contribution is -0.126. The van der Waals surface area contributed by atoms with E-state index in [0.717, 1.165) is 32.0 Å². The largest absolute Gasteiger partial charge is 0.381 e. The summed E-state index contributed by atoms with van der Waals surface area (Å²) < 4.78 is 10.7. The van der Waals surface area contributed by atoms with Gasteiger partial charge in [0.1, 0.15) is 6.61 Å². The molecule has 0 heterocycles. The van der Waals surface area contributed by atoms with Gasteiger partial charge < -0.3 is 9.47 Å². The van der Waals surface area contributed by atoms with Crippen LogP contribution in [0.5, 0.6) is 0 Å². The highest BCUT2D eigenvalue weighted by molar-refractivity contribution is 5.81. The van der Waals surface area contributed by atoms with E-state index in [1.807, 2.05) is 13.8 Å². The molecule has 3 heteroatoms. The van der Waals surface area contributed by atoms with E-state index in [0.29, 0.717) is 6.61 Å². The highest BCUT2D eigenvalue weighted by Gasteiger charge is 2.06. The predicted octanol–water partition coefficient (Wildman–Crippen LogP) is 3.07. The second kappa shape index (κ2) is 10.7. The highest BCUT2D eigenvalue weighted by Crippen LogP contribution is 2.03. The van der Waals surface area contributed by atoms with Crippen LogP contribution >= 0.6 is 0 Å². The Hall–Kier alpha value is -0.410. The molecular weight excluding hydrogens is 216 g/mol. The standard InChI is InChI=1S/C14H28O3/c1-12(2)7-5-8-16-9-6-10-17-11-14(15)13(3)4/h12-13H,5-11H2,1-4H3. The lowest BCUT2D eigenvalue weighted by Crippen LogP contribution is -2.15. The number of rotatable bonds is 11. The normalized spacial score (nSPS) is 11.4. The summed E-state index contributed by atoms with van der Waals surface area (Å²) in [6.45, 7) is 10.6. The Bertz CT molecular complexity index is 188. The third-order valence-electron chi connectivity index (χ3n) is 2.54.